The number of carbonyl (C=O) groups is 1. The average Bonchev–Trinajstić information content (AvgIpc) is 3.16. The van der Waals surface area contributed by atoms with Gasteiger partial charge in [0, 0.05) is 28.6 Å². The van der Waals surface area contributed by atoms with Crippen LogP contribution < -0.4 is 14.8 Å². The number of carbonyl (C=O) groups excluding carboxylic acids is 1. The summed E-state index contributed by atoms with van der Waals surface area (Å²) in [5, 5.41) is 5.33. The summed E-state index contributed by atoms with van der Waals surface area (Å²) in [7, 11) is 3.18. The summed E-state index contributed by atoms with van der Waals surface area (Å²) < 4.78 is 10.5. The first-order chi connectivity index (χ1) is 13.5. The van der Waals surface area contributed by atoms with Crippen molar-refractivity contribution in [3.05, 3.63) is 64.5 Å². The number of nitrogens with one attached hydrogen (secondary N) is 1. The Morgan fingerprint density at radius 1 is 1.11 bits per heavy atom. The first kappa shape index (κ1) is 19.6. The molecular formula is C22H22N2O3S. The van der Waals surface area contributed by atoms with E-state index >= 15 is 0 Å². The SMILES string of the molecule is COc1ccc(/C=C/C(=O)Nc2nc(-c3cc(C)ccc3C)cs2)c(OC)c1. The second-order valence-corrected chi connectivity index (χ2v) is 7.14. The standard InChI is InChI=1S/C22H22N2O3S/c1-14-5-6-15(2)18(11-14)19-13-28-22(23-19)24-21(25)10-8-16-7-9-17(26-3)12-20(16)27-4/h5-13H,1-4H3,(H,23,24,25)/b10-8+. The molecule has 6 heteroatoms. The molecule has 1 amide bonds. The fourth-order valence-electron chi connectivity index (χ4n) is 2.74. The summed E-state index contributed by atoms with van der Waals surface area (Å²) in [6.45, 7) is 4.10. The summed E-state index contributed by atoms with van der Waals surface area (Å²) in [5.41, 5.74) is 5.06. The summed E-state index contributed by atoms with van der Waals surface area (Å²) in [5.74, 6) is 1.08. The van der Waals surface area contributed by atoms with E-state index in [1.54, 1.807) is 26.4 Å². The van der Waals surface area contributed by atoms with Gasteiger partial charge in [0.1, 0.15) is 11.5 Å². The fraction of sp³-hybridized carbons (Fsp3) is 0.182. The number of nitrogens with zero attached hydrogens (tertiary/aromatic N) is 1. The lowest BCUT2D eigenvalue weighted by molar-refractivity contribution is -0.111. The van der Waals surface area contributed by atoms with Crippen molar-refractivity contribution in [2.24, 2.45) is 0 Å². The van der Waals surface area contributed by atoms with Crippen LogP contribution >= 0.6 is 11.3 Å². The number of ether oxygens (including phenoxy) is 2. The normalized spacial score (nSPS) is 10.9. The molecule has 28 heavy (non-hydrogen) atoms. The second kappa shape index (κ2) is 8.71. The van der Waals surface area contributed by atoms with Crippen molar-refractivity contribution < 1.29 is 14.3 Å². The van der Waals surface area contributed by atoms with Gasteiger partial charge in [0.15, 0.2) is 5.13 Å². The minimum atomic E-state index is -0.250. The van der Waals surface area contributed by atoms with Crippen LogP contribution in [0.15, 0.2) is 47.9 Å². The lowest BCUT2D eigenvalue weighted by Crippen LogP contribution is -2.07. The molecule has 1 N–H and O–H groups in total. The molecule has 0 aliphatic carbocycles. The van der Waals surface area contributed by atoms with Crippen molar-refractivity contribution in [2.45, 2.75) is 13.8 Å². The summed E-state index contributed by atoms with van der Waals surface area (Å²) in [4.78, 5) is 16.8. The van der Waals surface area contributed by atoms with Gasteiger partial charge in [-0.15, -0.1) is 11.3 Å². The first-order valence-corrected chi connectivity index (χ1v) is 9.62. The Hall–Kier alpha value is -3.12. The van der Waals surface area contributed by atoms with Crippen LogP contribution in [0, 0.1) is 13.8 Å². The van der Waals surface area contributed by atoms with Crippen molar-refractivity contribution in [3.8, 4) is 22.8 Å². The lowest BCUT2D eigenvalue weighted by atomic mass is 10.0. The van der Waals surface area contributed by atoms with Crippen LogP contribution in [-0.2, 0) is 4.79 Å². The summed E-state index contributed by atoms with van der Waals surface area (Å²) in [6, 6.07) is 11.7. The number of aromatic nitrogens is 1. The Kier molecular flexibility index (Phi) is 6.11. The summed E-state index contributed by atoms with van der Waals surface area (Å²) in [6.07, 6.45) is 3.16. The molecule has 1 aromatic heterocycles. The largest absolute Gasteiger partial charge is 0.497 e. The molecule has 0 spiro atoms. The first-order valence-electron chi connectivity index (χ1n) is 8.74. The highest BCUT2D eigenvalue weighted by atomic mass is 32.1. The second-order valence-electron chi connectivity index (χ2n) is 6.29. The number of methoxy groups -OCH3 is 2. The van der Waals surface area contributed by atoms with E-state index in [4.69, 9.17) is 9.47 Å². The molecule has 0 radical (unpaired) electrons. The molecule has 0 unspecified atom stereocenters. The van der Waals surface area contributed by atoms with Crippen molar-refractivity contribution in [3.63, 3.8) is 0 Å². The Bertz CT molecular complexity index is 1020. The van der Waals surface area contributed by atoms with Crippen molar-refractivity contribution >= 4 is 28.5 Å². The maximum absolute atomic E-state index is 12.3. The number of amides is 1. The van der Waals surface area contributed by atoms with Gasteiger partial charge in [-0.2, -0.15) is 0 Å². The van der Waals surface area contributed by atoms with Gasteiger partial charge in [-0.25, -0.2) is 4.98 Å². The Labute approximate surface area is 168 Å². The van der Waals surface area contributed by atoms with Gasteiger partial charge in [-0.1, -0.05) is 17.7 Å². The molecule has 0 aliphatic rings. The average molecular weight is 394 g/mol. The molecule has 5 nitrogen and oxygen atoms in total. The van der Waals surface area contributed by atoms with Gasteiger partial charge in [0.25, 0.3) is 0 Å². The van der Waals surface area contributed by atoms with Crippen LogP contribution in [-0.4, -0.2) is 25.1 Å². The molecule has 0 bridgehead atoms. The third kappa shape index (κ3) is 4.58. The predicted molar refractivity (Wildman–Crippen MR) is 114 cm³/mol. The number of anilines is 1. The zero-order chi connectivity index (χ0) is 20.1. The zero-order valence-electron chi connectivity index (χ0n) is 16.3. The summed E-state index contributed by atoms with van der Waals surface area (Å²) >= 11 is 1.40. The van der Waals surface area contributed by atoms with Crippen molar-refractivity contribution in [1.29, 1.82) is 0 Å². The van der Waals surface area contributed by atoms with E-state index in [0.717, 1.165) is 22.4 Å². The fourth-order valence-corrected chi connectivity index (χ4v) is 3.45. The Morgan fingerprint density at radius 3 is 2.68 bits per heavy atom. The Morgan fingerprint density at radius 2 is 1.93 bits per heavy atom. The van der Waals surface area contributed by atoms with Gasteiger partial charge in [0.05, 0.1) is 19.9 Å². The number of hydrogen-bond donors (Lipinski definition) is 1. The molecule has 2 aromatic carbocycles. The predicted octanol–water partition coefficient (Wildman–Crippen LogP) is 5.10. The monoisotopic (exact) mass is 394 g/mol. The molecule has 3 aromatic rings. The third-order valence-corrected chi connectivity index (χ3v) is 5.02. The molecule has 0 fully saturated rings. The van der Waals surface area contributed by atoms with Crippen LogP contribution in [0.4, 0.5) is 5.13 Å². The van der Waals surface area contributed by atoms with E-state index in [0.29, 0.717) is 16.6 Å². The zero-order valence-corrected chi connectivity index (χ0v) is 17.1. The van der Waals surface area contributed by atoms with E-state index in [1.807, 2.05) is 17.5 Å². The Balaban J connectivity index is 1.71. The van der Waals surface area contributed by atoms with Crippen LogP contribution in [0.2, 0.25) is 0 Å². The molecule has 0 saturated carbocycles. The molecule has 0 atom stereocenters. The highest BCUT2D eigenvalue weighted by molar-refractivity contribution is 7.14. The minimum absolute atomic E-state index is 0.250. The van der Waals surface area contributed by atoms with Crippen molar-refractivity contribution in [2.75, 3.05) is 19.5 Å². The number of hydrogen-bond acceptors (Lipinski definition) is 5. The quantitative estimate of drug-likeness (QED) is 0.591. The molecule has 0 saturated heterocycles. The third-order valence-electron chi connectivity index (χ3n) is 4.26. The van der Waals surface area contributed by atoms with E-state index < -0.39 is 0 Å². The highest BCUT2D eigenvalue weighted by Crippen LogP contribution is 2.28. The van der Waals surface area contributed by atoms with E-state index in [1.165, 1.54) is 23.0 Å². The van der Waals surface area contributed by atoms with E-state index in [9.17, 15) is 4.79 Å². The number of aryl methyl sites for hydroxylation is 2. The van der Waals surface area contributed by atoms with Gasteiger partial charge in [0.2, 0.25) is 5.91 Å². The van der Waals surface area contributed by atoms with Gasteiger partial charge in [-0.3, -0.25) is 10.1 Å². The smallest absolute Gasteiger partial charge is 0.250 e. The maximum atomic E-state index is 12.3. The highest BCUT2D eigenvalue weighted by Gasteiger charge is 2.09. The molecule has 144 valence electrons. The van der Waals surface area contributed by atoms with Crippen LogP contribution in [0.1, 0.15) is 16.7 Å². The van der Waals surface area contributed by atoms with E-state index in [-0.39, 0.29) is 5.91 Å². The maximum Gasteiger partial charge on any atom is 0.250 e. The van der Waals surface area contributed by atoms with Crippen LogP contribution in [0.25, 0.3) is 17.3 Å². The van der Waals surface area contributed by atoms with Crippen molar-refractivity contribution in [1.82, 2.24) is 4.98 Å². The van der Waals surface area contributed by atoms with E-state index in [2.05, 4.69) is 42.3 Å². The van der Waals surface area contributed by atoms with Crippen LogP contribution in [0.5, 0.6) is 11.5 Å². The molecule has 0 aliphatic heterocycles. The minimum Gasteiger partial charge on any atom is -0.497 e. The topological polar surface area (TPSA) is 60.5 Å². The van der Waals surface area contributed by atoms with Gasteiger partial charge >= 0.3 is 0 Å². The van der Waals surface area contributed by atoms with Crippen LogP contribution in [0.3, 0.4) is 0 Å². The van der Waals surface area contributed by atoms with Gasteiger partial charge in [-0.05, 0) is 43.7 Å². The molecule has 3 rings (SSSR count). The number of benzene rings is 2. The molecule has 1 heterocycles. The molecular weight excluding hydrogens is 372 g/mol. The number of thiazole rings is 1. The number of rotatable bonds is 6. The van der Waals surface area contributed by atoms with Gasteiger partial charge < -0.3 is 9.47 Å². The lowest BCUT2D eigenvalue weighted by Gasteiger charge is -2.07.